The van der Waals surface area contributed by atoms with Crippen LogP contribution in [0, 0.1) is 6.92 Å². The SMILES string of the molecule is COc1ccc(Cc2nc3c4c(ncn3n2)Oc2c(c(C)nn2-c2ccccc2)[C@H]4c2ccccc2OC)cc1. The number of para-hydroxylation sites is 2. The number of rotatable bonds is 6. The number of ether oxygens (including phenoxy) is 3. The van der Waals surface area contributed by atoms with Crippen molar-refractivity contribution in [2.75, 3.05) is 14.2 Å². The molecule has 9 nitrogen and oxygen atoms in total. The van der Waals surface area contributed by atoms with Crippen molar-refractivity contribution >= 4 is 5.65 Å². The molecule has 1 aliphatic rings. The van der Waals surface area contributed by atoms with Gasteiger partial charge in [-0.15, -0.1) is 5.10 Å². The van der Waals surface area contributed by atoms with Crippen LogP contribution in [0.1, 0.15) is 39.7 Å². The average Bonchev–Trinajstić information content (AvgIpc) is 3.57. The predicted octanol–water partition coefficient (Wildman–Crippen LogP) is 5.51. The molecule has 0 spiro atoms. The Morgan fingerprint density at radius 3 is 2.40 bits per heavy atom. The Kier molecular flexibility index (Phi) is 5.70. The topological polar surface area (TPSA) is 88.6 Å². The van der Waals surface area contributed by atoms with Gasteiger partial charge in [0.05, 0.1) is 42.6 Å². The number of fused-ring (bicyclic) bond motifs is 4. The first-order valence-corrected chi connectivity index (χ1v) is 13.0. The number of hydrogen-bond acceptors (Lipinski definition) is 7. The van der Waals surface area contributed by atoms with E-state index >= 15 is 0 Å². The molecular formula is C31H26N6O3. The summed E-state index contributed by atoms with van der Waals surface area (Å²) in [5.74, 6) is 3.06. The van der Waals surface area contributed by atoms with Crippen LogP contribution < -0.4 is 14.2 Å². The smallest absolute Gasteiger partial charge is 0.230 e. The van der Waals surface area contributed by atoms with Gasteiger partial charge in [-0.2, -0.15) is 5.10 Å². The second kappa shape index (κ2) is 9.53. The van der Waals surface area contributed by atoms with Crippen molar-refractivity contribution in [1.29, 1.82) is 0 Å². The Morgan fingerprint density at radius 1 is 0.850 bits per heavy atom. The van der Waals surface area contributed by atoms with Crippen LogP contribution in [0.25, 0.3) is 11.3 Å². The van der Waals surface area contributed by atoms with Crippen molar-refractivity contribution in [3.8, 4) is 28.9 Å². The van der Waals surface area contributed by atoms with Gasteiger partial charge in [0.1, 0.15) is 17.8 Å². The van der Waals surface area contributed by atoms with E-state index in [1.54, 1.807) is 25.1 Å². The first-order valence-electron chi connectivity index (χ1n) is 13.0. The van der Waals surface area contributed by atoms with Crippen molar-refractivity contribution in [2.45, 2.75) is 19.3 Å². The minimum absolute atomic E-state index is 0.290. The number of aryl methyl sites for hydroxylation is 1. The maximum absolute atomic E-state index is 6.52. The fourth-order valence-corrected chi connectivity index (χ4v) is 5.38. The average molecular weight is 531 g/mol. The number of hydrogen-bond donors (Lipinski definition) is 0. The molecule has 0 fully saturated rings. The largest absolute Gasteiger partial charge is 0.497 e. The first-order chi connectivity index (χ1) is 19.6. The van der Waals surface area contributed by atoms with E-state index in [1.807, 2.05) is 84.4 Å². The number of nitrogens with zero attached hydrogens (tertiary/aromatic N) is 6. The maximum Gasteiger partial charge on any atom is 0.230 e. The zero-order valence-electron chi connectivity index (χ0n) is 22.3. The summed E-state index contributed by atoms with van der Waals surface area (Å²) < 4.78 is 21.2. The summed E-state index contributed by atoms with van der Waals surface area (Å²) in [5.41, 5.74) is 6.25. The van der Waals surface area contributed by atoms with Crippen LogP contribution in [0.4, 0.5) is 0 Å². The fourth-order valence-electron chi connectivity index (χ4n) is 5.38. The first kappa shape index (κ1) is 23.9. The van der Waals surface area contributed by atoms with Gasteiger partial charge in [0.15, 0.2) is 11.5 Å². The maximum atomic E-state index is 6.52. The van der Waals surface area contributed by atoms with Gasteiger partial charge >= 0.3 is 0 Å². The van der Waals surface area contributed by atoms with Gasteiger partial charge in [0, 0.05) is 12.0 Å². The summed E-state index contributed by atoms with van der Waals surface area (Å²) in [7, 11) is 3.34. The Hall–Kier alpha value is -5.18. The van der Waals surface area contributed by atoms with Crippen molar-refractivity contribution in [2.24, 2.45) is 0 Å². The van der Waals surface area contributed by atoms with Gasteiger partial charge < -0.3 is 14.2 Å². The van der Waals surface area contributed by atoms with E-state index in [2.05, 4.69) is 6.07 Å². The van der Waals surface area contributed by atoms with E-state index in [1.165, 1.54) is 0 Å². The molecular weight excluding hydrogens is 504 g/mol. The molecule has 0 aliphatic carbocycles. The van der Waals surface area contributed by atoms with E-state index in [0.717, 1.165) is 45.1 Å². The highest BCUT2D eigenvalue weighted by molar-refractivity contribution is 5.67. The summed E-state index contributed by atoms with van der Waals surface area (Å²) in [6, 6.07) is 25.9. The highest BCUT2D eigenvalue weighted by atomic mass is 16.5. The van der Waals surface area contributed by atoms with Crippen LogP contribution in [0.15, 0.2) is 85.2 Å². The van der Waals surface area contributed by atoms with Crippen LogP contribution in [-0.4, -0.2) is 43.6 Å². The lowest BCUT2D eigenvalue weighted by atomic mass is 9.84. The van der Waals surface area contributed by atoms with Gasteiger partial charge in [-0.1, -0.05) is 48.5 Å². The number of aromatic nitrogens is 6. The molecule has 7 rings (SSSR count). The van der Waals surface area contributed by atoms with Gasteiger partial charge in [0.25, 0.3) is 0 Å². The lowest BCUT2D eigenvalue weighted by molar-refractivity contribution is 0.393. The molecule has 0 unspecified atom stereocenters. The lowest BCUT2D eigenvalue weighted by Gasteiger charge is -2.27. The summed E-state index contributed by atoms with van der Waals surface area (Å²) in [6.45, 7) is 2.00. The molecule has 3 aromatic carbocycles. The fraction of sp³-hybridized carbons (Fsp3) is 0.161. The van der Waals surface area contributed by atoms with Crippen molar-refractivity contribution < 1.29 is 14.2 Å². The summed E-state index contributed by atoms with van der Waals surface area (Å²) in [6.07, 6.45) is 2.22. The van der Waals surface area contributed by atoms with E-state index in [4.69, 9.17) is 34.4 Å². The van der Waals surface area contributed by atoms with Crippen molar-refractivity contribution in [1.82, 2.24) is 29.4 Å². The zero-order valence-corrected chi connectivity index (χ0v) is 22.3. The molecule has 0 saturated carbocycles. The van der Waals surface area contributed by atoms with Crippen LogP contribution in [-0.2, 0) is 6.42 Å². The highest BCUT2D eigenvalue weighted by Gasteiger charge is 2.39. The summed E-state index contributed by atoms with van der Waals surface area (Å²) in [5, 5.41) is 9.67. The Labute approximate surface area is 230 Å². The molecule has 4 heterocycles. The summed E-state index contributed by atoms with van der Waals surface area (Å²) >= 11 is 0. The molecule has 0 N–H and O–H groups in total. The van der Waals surface area contributed by atoms with E-state index in [0.29, 0.717) is 29.7 Å². The third-order valence-corrected chi connectivity index (χ3v) is 7.24. The van der Waals surface area contributed by atoms with Crippen LogP contribution in [0.5, 0.6) is 23.3 Å². The second-order valence-corrected chi connectivity index (χ2v) is 9.61. The van der Waals surface area contributed by atoms with Crippen LogP contribution in [0.3, 0.4) is 0 Å². The molecule has 0 saturated heterocycles. The van der Waals surface area contributed by atoms with Gasteiger partial charge in [-0.3, -0.25) is 0 Å². The number of benzene rings is 3. The molecule has 0 radical (unpaired) electrons. The van der Waals surface area contributed by atoms with Crippen LogP contribution in [0.2, 0.25) is 0 Å². The Bertz CT molecular complexity index is 1840. The second-order valence-electron chi connectivity index (χ2n) is 9.61. The van der Waals surface area contributed by atoms with Gasteiger partial charge in [-0.25, -0.2) is 19.2 Å². The monoisotopic (exact) mass is 530 g/mol. The highest BCUT2D eigenvalue weighted by Crippen LogP contribution is 2.51. The quantitative estimate of drug-likeness (QED) is 0.280. The minimum Gasteiger partial charge on any atom is -0.497 e. The predicted molar refractivity (Wildman–Crippen MR) is 149 cm³/mol. The van der Waals surface area contributed by atoms with Crippen molar-refractivity contribution in [3.05, 3.63) is 119 Å². The molecule has 198 valence electrons. The molecule has 6 aromatic rings. The third kappa shape index (κ3) is 3.86. The molecule has 0 amide bonds. The summed E-state index contributed by atoms with van der Waals surface area (Å²) in [4.78, 5) is 9.70. The van der Waals surface area contributed by atoms with Gasteiger partial charge in [-0.05, 0) is 42.8 Å². The normalized spacial score (nSPS) is 13.9. The Balaban J connectivity index is 1.42. The van der Waals surface area contributed by atoms with Crippen LogP contribution >= 0.6 is 0 Å². The molecule has 40 heavy (non-hydrogen) atoms. The Morgan fingerprint density at radius 2 is 1.62 bits per heavy atom. The molecule has 1 aliphatic heterocycles. The molecule has 1 atom stereocenters. The van der Waals surface area contributed by atoms with E-state index in [9.17, 15) is 0 Å². The zero-order chi connectivity index (χ0) is 27.2. The standard InChI is InChI=1S/C31H26N6O3/c1-19-26-27(23-11-7-8-12-24(23)39-3)28-29-33-25(17-20-13-15-22(38-2)16-14-20)35-36(29)18-32-30(28)40-31(26)37(34-19)21-9-5-4-6-10-21/h4-16,18,27H,17H2,1-3H3/t27-/m1/s1. The minimum atomic E-state index is -0.290. The molecule has 9 heteroatoms. The van der Waals surface area contributed by atoms with E-state index in [-0.39, 0.29) is 5.92 Å². The molecule has 3 aromatic heterocycles. The number of methoxy groups -OCH3 is 2. The van der Waals surface area contributed by atoms with Crippen molar-refractivity contribution in [3.63, 3.8) is 0 Å². The van der Waals surface area contributed by atoms with Gasteiger partial charge in [0.2, 0.25) is 11.8 Å². The third-order valence-electron chi connectivity index (χ3n) is 7.24. The van der Waals surface area contributed by atoms with E-state index < -0.39 is 0 Å². The lowest BCUT2D eigenvalue weighted by Crippen LogP contribution is -2.16. The molecule has 0 bridgehead atoms.